The lowest BCUT2D eigenvalue weighted by Gasteiger charge is -2.28. The molecule has 16 heavy (non-hydrogen) atoms. The Kier molecular flexibility index (Phi) is 3.65. The zero-order valence-electron chi connectivity index (χ0n) is 10.3. The molecule has 1 rings (SSSR count). The Morgan fingerprint density at radius 2 is 2.06 bits per heavy atom. The van der Waals surface area contributed by atoms with E-state index in [0.717, 1.165) is 11.4 Å². The molecule has 0 fully saturated rings. The summed E-state index contributed by atoms with van der Waals surface area (Å²) < 4.78 is 5.15. The molecule has 0 saturated heterocycles. The van der Waals surface area contributed by atoms with Gasteiger partial charge in [0, 0.05) is 19.7 Å². The number of nitrogens with two attached hydrogens (primary N) is 1. The minimum absolute atomic E-state index is 0.504. The number of methoxy groups -OCH3 is 1. The maximum atomic E-state index is 9.75. The Hall–Kier alpha value is -1.42. The first-order chi connectivity index (χ1) is 7.33. The number of hydrogen-bond donors (Lipinski definition) is 2. The average Bonchev–Trinajstić information content (AvgIpc) is 2.15. The molecule has 0 radical (unpaired) electrons. The number of rotatable bonds is 4. The van der Waals surface area contributed by atoms with Gasteiger partial charge in [0.25, 0.3) is 0 Å². The molecular formula is C12H20N2O2. The number of likely N-dealkylation sites (N-methyl/N-ethyl adjacent to an activating group) is 1. The van der Waals surface area contributed by atoms with Gasteiger partial charge in [-0.25, -0.2) is 0 Å². The highest BCUT2D eigenvalue weighted by Gasteiger charge is 2.17. The van der Waals surface area contributed by atoms with Crippen LogP contribution in [-0.4, -0.2) is 31.4 Å². The first-order valence-corrected chi connectivity index (χ1v) is 5.20. The number of ether oxygens (including phenoxy) is 1. The fourth-order valence-corrected chi connectivity index (χ4v) is 1.65. The average molecular weight is 224 g/mol. The molecular weight excluding hydrogens is 204 g/mol. The van der Waals surface area contributed by atoms with E-state index in [1.54, 1.807) is 27.0 Å². The van der Waals surface area contributed by atoms with Crippen molar-refractivity contribution in [1.82, 2.24) is 0 Å². The van der Waals surface area contributed by atoms with Gasteiger partial charge in [0.15, 0.2) is 0 Å². The van der Waals surface area contributed by atoms with Crippen LogP contribution in [0.15, 0.2) is 18.2 Å². The summed E-state index contributed by atoms with van der Waals surface area (Å²) >= 11 is 0. The SMILES string of the molecule is COc1ccc(N)c(N(C)CC(C)(C)O)c1. The zero-order valence-corrected chi connectivity index (χ0v) is 10.3. The normalized spacial score (nSPS) is 11.3. The predicted octanol–water partition coefficient (Wildman–Crippen LogP) is 1.48. The molecule has 0 heterocycles. The van der Waals surface area contributed by atoms with Gasteiger partial charge in [-0.3, -0.25) is 0 Å². The van der Waals surface area contributed by atoms with Crippen LogP contribution in [-0.2, 0) is 0 Å². The van der Waals surface area contributed by atoms with Crippen LogP contribution >= 0.6 is 0 Å². The number of anilines is 2. The van der Waals surface area contributed by atoms with Crippen LogP contribution in [0.4, 0.5) is 11.4 Å². The summed E-state index contributed by atoms with van der Waals surface area (Å²) in [5.41, 5.74) is 6.66. The van der Waals surface area contributed by atoms with Gasteiger partial charge in [-0.15, -0.1) is 0 Å². The maximum Gasteiger partial charge on any atom is 0.121 e. The van der Waals surface area contributed by atoms with E-state index in [1.165, 1.54) is 0 Å². The second-order valence-electron chi connectivity index (χ2n) is 4.59. The van der Waals surface area contributed by atoms with Crippen molar-refractivity contribution in [2.24, 2.45) is 0 Å². The summed E-state index contributed by atoms with van der Waals surface area (Å²) in [4.78, 5) is 1.91. The molecule has 0 saturated carbocycles. The van der Waals surface area contributed by atoms with Crippen LogP contribution < -0.4 is 15.4 Å². The van der Waals surface area contributed by atoms with Gasteiger partial charge in [0.05, 0.1) is 24.1 Å². The summed E-state index contributed by atoms with van der Waals surface area (Å²) in [5, 5.41) is 9.75. The first-order valence-electron chi connectivity index (χ1n) is 5.20. The topological polar surface area (TPSA) is 58.7 Å². The Balaban J connectivity index is 2.93. The second-order valence-corrected chi connectivity index (χ2v) is 4.59. The lowest BCUT2D eigenvalue weighted by molar-refractivity contribution is 0.0886. The van der Waals surface area contributed by atoms with Gasteiger partial charge in [0.1, 0.15) is 5.75 Å². The number of benzene rings is 1. The van der Waals surface area contributed by atoms with E-state index in [-0.39, 0.29) is 0 Å². The molecule has 4 heteroatoms. The Labute approximate surface area is 96.6 Å². The van der Waals surface area contributed by atoms with Gasteiger partial charge in [-0.05, 0) is 26.0 Å². The molecule has 3 N–H and O–H groups in total. The summed E-state index contributed by atoms with van der Waals surface area (Å²) in [6.07, 6.45) is 0. The zero-order chi connectivity index (χ0) is 12.3. The van der Waals surface area contributed by atoms with E-state index in [4.69, 9.17) is 10.5 Å². The van der Waals surface area contributed by atoms with Gasteiger partial charge < -0.3 is 20.5 Å². The van der Waals surface area contributed by atoms with Crippen molar-refractivity contribution in [2.75, 3.05) is 31.3 Å². The first kappa shape index (κ1) is 12.6. The van der Waals surface area contributed by atoms with Gasteiger partial charge in [0.2, 0.25) is 0 Å². The summed E-state index contributed by atoms with van der Waals surface area (Å²) in [5.74, 6) is 0.756. The van der Waals surface area contributed by atoms with Crippen molar-refractivity contribution in [1.29, 1.82) is 0 Å². The highest BCUT2D eigenvalue weighted by molar-refractivity contribution is 5.69. The van der Waals surface area contributed by atoms with E-state index in [0.29, 0.717) is 12.2 Å². The molecule has 0 aliphatic carbocycles. The van der Waals surface area contributed by atoms with Gasteiger partial charge in [-0.2, -0.15) is 0 Å². The molecule has 0 unspecified atom stereocenters. The van der Waals surface area contributed by atoms with Crippen LogP contribution in [0.1, 0.15) is 13.8 Å². The van der Waals surface area contributed by atoms with Crippen molar-refractivity contribution in [3.8, 4) is 5.75 Å². The van der Waals surface area contributed by atoms with Crippen LogP contribution in [0.2, 0.25) is 0 Å². The van der Waals surface area contributed by atoms with E-state index in [9.17, 15) is 5.11 Å². The third-order valence-electron chi connectivity index (χ3n) is 2.27. The predicted molar refractivity (Wildman–Crippen MR) is 67.0 cm³/mol. The smallest absolute Gasteiger partial charge is 0.121 e. The Bertz CT molecular complexity index is 359. The molecule has 4 nitrogen and oxygen atoms in total. The van der Waals surface area contributed by atoms with Gasteiger partial charge in [-0.1, -0.05) is 0 Å². The molecule has 0 atom stereocenters. The standard InChI is InChI=1S/C12H20N2O2/c1-12(2,15)8-14(3)11-7-9(16-4)5-6-10(11)13/h5-7,15H,8,13H2,1-4H3. The van der Waals surface area contributed by atoms with Gasteiger partial charge >= 0.3 is 0 Å². The van der Waals surface area contributed by atoms with Crippen molar-refractivity contribution in [3.63, 3.8) is 0 Å². The number of nitrogen functional groups attached to an aromatic ring is 1. The molecule has 0 bridgehead atoms. The second kappa shape index (κ2) is 4.61. The van der Waals surface area contributed by atoms with Crippen molar-refractivity contribution in [3.05, 3.63) is 18.2 Å². The molecule has 0 spiro atoms. The van der Waals surface area contributed by atoms with E-state index in [2.05, 4.69) is 0 Å². The van der Waals surface area contributed by atoms with Crippen molar-refractivity contribution < 1.29 is 9.84 Å². The third-order valence-corrected chi connectivity index (χ3v) is 2.27. The minimum atomic E-state index is -0.760. The number of nitrogens with zero attached hydrogens (tertiary/aromatic N) is 1. The monoisotopic (exact) mass is 224 g/mol. The van der Waals surface area contributed by atoms with Crippen LogP contribution in [0.25, 0.3) is 0 Å². The Morgan fingerprint density at radius 1 is 1.44 bits per heavy atom. The summed E-state index contributed by atoms with van der Waals surface area (Å²) in [6.45, 7) is 4.03. The maximum absolute atomic E-state index is 9.75. The Morgan fingerprint density at radius 3 is 2.56 bits per heavy atom. The van der Waals surface area contributed by atoms with E-state index in [1.807, 2.05) is 24.1 Å². The van der Waals surface area contributed by atoms with Crippen LogP contribution in [0.3, 0.4) is 0 Å². The highest BCUT2D eigenvalue weighted by atomic mass is 16.5. The van der Waals surface area contributed by atoms with E-state index >= 15 is 0 Å². The van der Waals surface area contributed by atoms with Crippen molar-refractivity contribution in [2.45, 2.75) is 19.4 Å². The largest absolute Gasteiger partial charge is 0.497 e. The minimum Gasteiger partial charge on any atom is -0.497 e. The quantitative estimate of drug-likeness (QED) is 0.761. The van der Waals surface area contributed by atoms with Crippen molar-refractivity contribution >= 4 is 11.4 Å². The number of hydrogen-bond acceptors (Lipinski definition) is 4. The van der Waals surface area contributed by atoms with E-state index < -0.39 is 5.60 Å². The molecule has 90 valence electrons. The molecule has 0 aliphatic rings. The highest BCUT2D eigenvalue weighted by Crippen LogP contribution is 2.28. The molecule has 0 aromatic heterocycles. The van der Waals surface area contributed by atoms with Crippen LogP contribution in [0, 0.1) is 0 Å². The lowest BCUT2D eigenvalue weighted by Crippen LogP contribution is -2.36. The molecule has 0 aliphatic heterocycles. The van der Waals surface area contributed by atoms with Crippen LogP contribution in [0.5, 0.6) is 5.75 Å². The summed E-state index contributed by atoms with van der Waals surface area (Å²) in [7, 11) is 3.51. The fraction of sp³-hybridized carbons (Fsp3) is 0.500. The third kappa shape index (κ3) is 3.31. The molecule has 1 aromatic rings. The molecule has 1 aromatic carbocycles. The number of aliphatic hydroxyl groups is 1. The summed E-state index contributed by atoms with van der Waals surface area (Å²) in [6, 6.07) is 5.48. The molecule has 0 amide bonds. The fourth-order valence-electron chi connectivity index (χ4n) is 1.65. The lowest BCUT2D eigenvalue weighted by atomic mass is 10.1.